The molecule has 0 bridgehead atoms. The Bertz CT molecular complexity index is 1210. The van der Waals surface area contributed by atoms with E-state index in [0.717, 1.165) is 49.3 Å². The van der Waals surface area contributed by atoms with Crippen LogP contribution in [-0.2, 0) is 19.5 Å². The zero-order valence-corrected chi connectivity index (χ0v) is 21.8. The summed E-state index contributed by atoms with van der Waals surface area (Å²) in [5.74, 6) is 1.02. The summed E-state index contributed by atoms with van der Waals surface area (Å²) >= 11 is 0. The molecule has 0 spiro atoms. The van der Waals surface area contributed by atoms with Crippen LogP contribution in [0.4, 0.5) is 0 Å². The summed E-state index contributed by atoms with van der Waals surface area (Å²) in [5, 5.41) is 3.67. The van der Waals surface area contributed by atoms with Gasteiger partial charge in [0, 0.05) is 18.8 Å². The van der Waals surface area contributed by atoms with Crippen LogP contribution in [0, 0.1) is 0 Å². The normalized spacial score (nSPS) is 19.9. The number of nitrogens with zero attached hydrogens (tertiary/aromatic N) is 3. The molecule has 35 heavy (non-hydrogen) atoms. The molecule has 4 aromatic rings. The second-order valence-corrected chi connectivity index (χ2v) is 9.81. The van der Waals surface area contributed by atoms with Crippen molar-refractivity contribution in [3.05, 3.63) is 95.1 Å². The highest BCUT2D eigenvalue weighted by molar-refractivity contribution is 8.93. The molecule has 2 aromatic heterocycles. The first-order chi connectivity index (χ1) is 16.8. The number of halogens is 1. The van der Waals surface area contributed by atoms with Gasteiger partial charge >= 0.3 is 0 Å². The number of aromatic nitrogens is 3. The lowest BCUT2D eigenvalue weighted by Gasteiger charge is -2.34. The Kier molecular flexibility index (Phi) is 7.61. The van der Waals surface area contributed by atoms with Gasteiger partial charge in [0.2, 0.25) is 0 Å². The van der Waals surface area contributed by atoms with Crippen LogP contribution in [0.15, 0.2) is 66.9 Å². The number of aromatic amines is 1. The third-order valence-electron chi connectivity index (χ3n) is 7.48. The summed E-state index contributed by atoms with van der Waals surface area (Å²) < 4.78 is 0. The third kappa shape index (κ3) is 5.35. The number of hydrogen-bond donors (Lipinski definition) is 2. The van der Waals surface area contributed by atoms with Gasteiger partial charge in [0.05, 0.1) is 29.3 Å². The Balaban J connectivity index is 0.00000253. The van der Waals surface area contributed by atoms with E-state index in [-0.39, 0.29) is 17.0 Å². The van der Waals surface area contributed by atoms with E-state index in [1.165, 1.54) is 48.1 Å². The molecule has 2 atom stereocenters. The van der Waals surface area contributed by atoms with Gasteiger partial charge in [-0.3, -0.25) is 9.88 Å². The number of aryl methyl sites for hydroxylation is 1. The highest BCUT2D eigenvalue weighted by atomic mass is 79.9. The molecular formula is C29H34BrN5. The summed E-state index contributed by atoms with van der Waals surface area (Å²) in [4.78, 5) is 15.8. The average molecular weight is 533 g/mol. The number of H-pyrrole nitrogens is 1. The van der Waals surface area contributed by atoms with Crippen LogP contribution >= 0.6 is 17.0 Å². The van der Waals surface area contributed by atoms with Gasteiger partial charge in [0.1, 0.15) is 5.82 Å². The van der Waals surface area contributed by atoms with Crippen molar-refractivity contribution < 1.29 is 0 Å². The fraction of sp³-hybridized carbons (Fsp3) is 0.379. The quantitative estimate of drug-likeness (QED) is 0.301. The Morgan fingerprint density at radius 3 is 2.60 bits per heavy atom. The maximum atomic E-state index is 4.89. The van der Waals surface area contributed by atoms with Crippen molar-refractivity contribution in [2.75, 3.05) is 6.54 Å². The number of hydrogen-bond acceptors (Lipinski definition) is 4. The van der Waals surface area contributed by atoms with Crippen LogP contribution in [0.25, 0.3) is 11.0 Å². The maximum absolute atomic E-state index is 4.89. The van der Waals surface area contributed by atoms with Gasteiger partial charge in [0.25, 0.3) is 0 Å². The standard InChI is InChI=1S/C29H33N5.BrH/c1-2-11-26-25(10-1)32-28(33-26)20-34(27-12-5-7-23-8-6-18-31-29(23)27)19-21-13-15-22(16-14-21)24-9-3-4-17-30-24;/h1-2,6,8,10-11,13-16,18,24,27,30H,3-5,7,9,12,17,19-20H2,(H,32,33);1H. The van der Waals surface area contributed by atoms with E-state index in [0.29, 0.717) is 12.1 Å². The molecule has 1 saturated heterocycles. The maximum Gasteiger partial charge on any atom is 0.121 e. The van der Waals surface area contributed by atoms with Crippen molar-refractivity contribution in [1.82, 2.24) is 25.2 Å². The minimum absolute atomic E-state index is 0. The van der Waals surface area contributed by atoms with E-state index in [1.807, 2.05) is 6.20 Å². The smallest absolute Gasteiger partial charge is 0.121 e. The largest absolute Gasteiger partial charge is 0.341 e. The first kappa shape index (κ1) is 24.2. The number of pyridine rings is 1. The molecule has 0 radical (unpaired) electrons. The van der Waals surface area contributed by atoms with Crippen molar-refractivity contribution in [3.63, 3.8) is 0 Å². The molecule has 6 rings (SSSR count). The number of nitrogens with one attached hydrogen (secondary N) is 2. The topological polar surface area (TPSA) is 56.8 Å². The van der Waals surface area contributed by atoms with E-state index in [1.54, 1.807) is 0 Å². The van der Waals surface area contributed by atoms with Crippen LogP contribution in [0.5, 0.6) is 0 Å². The van der Waals surface area contributed by atoms with E-state index >= 15 is 0 Å². The number of rotatable bonds is 6. The Morgan fingerprint density at radius 2 is 1.77 bits per heavy atom. The van der Waals surface area contributed by atoms with Gasteiger partial charge in [-0.2, -0.15) is 0 Å². The predicted octanol–water partition coefficient (Wildman–Crippen LogP) is 6.43. The number of piperidine rings is 1. The molecule has 5 nitrogen and oxygen atoms in total. The van der Waals surface area contributed by atoms with E-state index in [2.05, 4.69) is 75.9 Å². The van der Waals surface area contributed by atoms with Crippen molar-refractivity contribution in [3.8, 4) is 0 Å². The van der Waals surface area contributed by atoms with Crippen LogP contribution in [0.3, 0.4) is 0 Å². The molecule has 2 unspecified atom stereocenters. The number of fused-ring (bicyclic) bond motifs is 2. The van der Waals surface area contributed by atoms with Crippen molar-refractivity contribution in [2.24, 2.45) is 0 Å². The SMILES string of the molecule is Br.c1cnc2c(c1)CCCC2N(Cc1ccc(C2CCCCN2)cc1)Cc1nc2ccccc2[nH]1. The Morgan fingerprint density at radius 1 is 0.886 bits per heavy atom. The Labute approximate surface area is 218 Å². The molecule has 2 aromatic carbocycles. The first-order valence-corrected chi connectivity index (χ1v) is 12.8. The number of benzene rings is 2. The minimum Gasteiger partial charge on any atom is -0.341 e. The van der Waals surface area contributed by atoms with Crippen LogP contribution < -0.4 is 5.32 Å². The summed E-state index contributed by atoms with van der Waals surface area (Å²) in [6.07, 6.45) is 9.26. The van der Waals surface area contributed by atoms with Crippen LogP contribution in [-0.4, -0.2) is 26.4 Å². The molecule has 0 amide bonds. The lowest BCUT2D eigenvalue weighted by atomic mass is 9.90. The van der Waals surface area contributed by atoms with Gasteiger partial charge in [-0.1, -0.05) is 48.9 Å². The van der Waals surface area contributed by atoms with Gasteiger partial charge in [-0.25, -0.2) is 4.98 Å². The van der Waals surface area contributed by atoms with Crippen LogP contribution in [0.1, 0.15) is 72.4 Å². The summed E-state index contributed by atoms with van der Waals surface area (Å²) in [5.41, 5.74) is 7.53. The van der Waals surface area contributed by atoms with Gasteiger partial charge in [-0.15, -0.1) is 17.0 Å². The predicted molar refractivity (Wildman–Crippen MR) is 147 cm³/mol. The minimum atomic E-state index is 0. The van der Waals surface area contributed by atoms with Gasteiger partial charge < -0.3 is 10.3 Å². The second kappa shape index (κ2) is 11.0. The molecule has 0 saturated carbocycles. The summed E-state index contributed by atoms with van der Waals surface area (Å²) in [6.45, 7) is 2.79. The molecule has 1 fully saturated rings. The van der Waals surface area contributed by atoms with Crippen molar-refractivity contribution >= 4 is 28.0 Å². The molecule has 3 heterocycles. The van der Waals surface area contributed by atoms with Crippen molar-refractivity contribution in [2.45, 2.75) is 63.7 Å². The molecular weight excluding hydrogens is 498 g/mol. The zero-order valence-electron chi connectivity index (χ0n) is 20.1. The second-order valence-electron chi connectivity index (χ2n) is 9.81. The fourth-order valence-corrected chi connectivity index (χ4v) is 5.72. The Hall–Kier alpha value is -2.54. The summed E-state index contributed by atoms with van der Waals surface area (Å²) in [6, 6.07) is 22.7. The first-order valence-electron chi connectivity index (χ1n) is 12.8. The van der Waals surface area contributed by atoms with E-state index < -0.39 is 0 Å². The highest BCUT2D eigenvalue weighted by Crippen LogP contribution is 2.35. The average Bonchev–Trinajstić information content (AvgIpc) is 3.31. The molecule has 182 valence electrons. The lowest BCUT2D eigenvalue weighted by molar-refractivity contribution is 0.153. The lowest BCUT2D eigenvalue weighted by Crippen LogP contribution is -2.32. The van der Waals surface area contributed by atoms with Crippen LogP contribution in [0.2, 0.25) is 0 Å². The number of para-hydroxylation sites is 2. The van der Waals surface area contributed by atoms with Crippen molar-refractivity contribution in [1.29, 1.82) is 0 Å². The molecule has 1 aliphatic heterocycles. The fourth-order valence-electron chi connectivity index (χ4n) is 5.72. The van der Waals surface area contributed by atoms with Gasteiger partial charge in [0.15, 0.2) is 0 Å². The molecule has 6 heteroatoms. The summed E-state index contributed by atoms with van der Waals surface area (Å²) in [7, 11) is 0. The number of imidazole rings is 1. The van der Waals surface area contributed by atoms with E-state index in [9.17, 15) is 0 Å². The molecule has 2 N–H and O–H groups in total. The molecule has 2 aliphatic rings. The zero-order chi connectivity index (χ0) is 22.7. The monoisotopic (exact) mass is 531 g/mol. The highest BCUT2D eigenvalue weighted by Gasteiger charge is 2.28. The van der Waals surface area contributed by atoms with E-state index in [4.69, 9.17) is 9.97 Å². The van der Waals surface area contributed by atoms with Gasteiger partial charge in [-0.05, 0) is 73.5 Å². The molecule has 1 aliphatic carbocycles. The third-order valence-corrected chi connectivity index (χ3v) is 7.48.